The van der Waals surface area contributed by atoms with Gasteiger partial charge in [-0.3, -0.25) is 0 Å². The Labute approximate surface area is 147 Å². The predicted molar refractivity (Wildman–Crippen MR) is 93.6 cm³/mol. The standard InChI is InChI=1S/C20H23NO4/c1-4-5-10-24-19(22)16-13(3)21-15-11-25-20(23)18(15)17(16)14-9-7-6-8-12(14)2/h6-9,17,21H,4-5,10-11H2,1-3H3. The zero-order valence-corrected chi connectivity index (χ0v) is 14.8. The third kappa shape index (κ3) is 3.18. The molecule has 2 heterocycles. The van der Waals surface area contributed by atoms with Crippen molar-refractivity contribution in [1.82, 2.24) is 5.32 Å². The Kier molecular flexibility index (Phi) is 4.93. The van der Waals surface area contributed by atoms with Crippen LogP contribution in [-0.2, 0) is 19.1 Å². The largest absolute Gasteiger partial charge is 0.462 e. The average molecular weight is 341 g/mol. The van der Waals surface area contributed by atoms with Crippen molar-refractivity contribution < 1.29 is 19.1 Å². The second kappa shape index (κ2) is 7.13. The Morgan fingerprint density at radius 1 is 1.32 bits per heavy atom. The smallest absolute Gasteiger partial charge is 0.337 e. The van der Waals surface area contributed by atoms with Crippen LogP contribution in [0.3, 0.4) is 0 Å². The molecular weight excluding hydrogens is 318 g/mol. The maximum atomic E-state index is 12.8. The van der Waals surface area contributed by atoms with Crippen LogP contribution >= 0.6 is 0 Å². The van der Waals surface area contributed by atoms with Crippen LogP contribution in [0.15, 0.2) is 46.8 Å². The van der Waals surface area contributed by atoms with Crippen molar-refractivity contribution in [2.75, 3.05) is 13.2 Å². The number of nitrogens with one attached hydrogen (secondary N) is 1. The van der Waals surface area contributed by atoms with Gasteiger partial charge in [0.25, 0.3) is 0 Å². The number of esters is 2. The first-order valence-corrected chi connectivity index (χ1v) is 8.65. The van der Waals surface area contributed by atoms with E-state index in [-0.39, 0.29) is 18.5 Å². The van der Waals surface area contributed by atoms with E-state index in [0.29, 0.717) is 23.5 Å². The fourth-order valence-electron chi connectivity index (χ4n) is 3.35. The average Bonchev–Trinajstić information content (AvgIpc) is 2.95. The van der Waals surface area contributed by atoms with E-state index in [0.717, 1.165) is 29.7 Å². The van der Waals surface area contributed by atoms with E-state index in [1.807, 2.05) is 45.0 Å². The Morgan fingerprint density at radius 2 is 2.08 bits per heavy atom. The monoisotopic (exact) mass is 341 g/mol. The highest BCUT2D eigenvalue weighted by atomic mass is 16.5. The number of rotatable bonds is 5. The molecule has 5 heteroatoms. The molecular formula is C20H23NO4. The summed E-state index contributed by atoms with van der Waals surface area (Å²) in [4.78, 5) is 25.1. The molecule has 0 aromatic heterocycles. The number of carbonyl (C=O) groups is 2. The summed E-state index contributed by atoms with van der Waals surface area (Å²) in [6.45, 7) is 6.46. The van der Waals surface area contributed by atoms with Crippen LogP contribution in [-0.4, -0.2) is 25.2 Å². The molecule has 132 valence electrons. The minimum Gasteiger partial charge on any atom is -0.462 e. The van der Waals surface area contributed by atoms with Crippen molar-refractivity contribution in [3.8, 4) is 0 Å². The van der Waals surface area contributed by atoms with Crippen molar-refractivity contribution in [3.63, 3.8) is 0 Å². The lowest BCUT2D eigenvalue weighted by Gasteiger charge is -2.28. The van der Waals surface area contributed by atoms with Crippen molar-refractivity contribution in [1.29, 1.82) is 0 Å². The fraction of sp³-hybridized carbons (Fsp3) is 0.400. The number of allylic oxidation sites excluding steroid dienone is 1. The third-order valence-corrected chi connectivity index (χ3v) is 4.66. The van der Waals surface area contributed by atoms with Crippen LogP contribution in [0, 0.1) is 6.92 Å². The van der Waals surface area contributed by atoms with E-state index in [4.69, 9.17) is 9.47 Å². The molecule has 0 amide bonds. The van der Waals surface area contributed by atoms with E-state index in [2.05, 4.69) is 5.32 Å². The molecule has 1 aromatic rings. The molecule has 2 aliphatic rings. The van der Waals surface area contributed by atoms with E-state index < -0.39 is 5.92 Å². The molecule has 0 aliphatic carbocycles. The normalized spacial score (nSPS) is 19.5. The highest BCUT2D eigenvalue weighted by Gasteiger charge is 2.42. The van der Waals surface area contributed by atoms with E-state index in [9.17, 15) is 9.59 Å². The Morgan fingerprint density at radius 3 is 2.80 bits per heavy atom. The molecule has 1 atom stereocenters. The van der Waals surface area contributed by atoms with Gasteiger partial charge >= 0.3 is 11.9 Å². The third-order valence-electron chi connectivity index (χ3n) is 4.66. The molecule has 0 saturated carbocycles. The van der Waals surface area contributed by atoms with E-state index in [1.54, 1.807) is 0 Å². The van der Waals surface area contributed by atoms with Gasteiger partial charge in [-0.2, -0.15) is 0 Å². The van der Waals surface area contributed by atoms with Crippen LogP contribution in [0.1, 0.15) is 43.7 Å². The SMILES string of the molecule is CCCCOC(=O)C1=C(C)NC2=C(C(=O)OC2)C1c1ccccc1C. The van der Waals surface area contributed by atoms with Crippen LogP contribution in [0.2, 0.25) is 0 Å². The molecule has 1 unspecified atom stereocenters. The fourth-order valence-corrected chi connectivity index (χ4v) is 3.35. The number of hydrogen-bond acceptors (Lipinski definition) is 5. The molecule has 25 heavy (non-hydrogen) atoms. The number of hydrogen-bond donors (Lipinski definition) is 1. The van der Waals surface area contributed by atoms with Gasteiger partial charge in [-0.05, 0) is 31.4 Å². The summed E-state index contributed by atoms with van der Waals surface area (Å²) in [5, 5.41) is 3.16. The molecule has 0 saturated heterocycles. The van der Waals surface area contributed by atoms with Crippen molar-refractivity contribution in [2.24, 2.45) is 0 Å². The second-order valence-electron chi connectivity index (χ2n) is 6.41. The number of dihydropyridines is 1. The lowest BCUT2D eigenvalue weighted by atomic mass is 9.79. The Balaban J connectivity index is 2.05. The molecule has 5 nitrogen and oxygen atoms in total. The summed E-state index contributed by atoms with van der Waals surface area (Å²) in [5.41, 5.74) is 4.41. The predicted octanol–water partition coefficient (Wildman–Crippen LogP) is 3.11. The molecule has 3 rings (SSSR count). The first-order valence-electron chi connectivity index (χ1n) is 8.65. The maximum absolute atomic E-state index is 12.8. The molecule has 1 N–H and O–H groups in total. The molecule has 0 fully saturated rings. The van der Waals surface area contributed by atoms with Gasteiger partial charge in [0, 0.05) is 5.70 Å². The van der Waals surface area contributed by atoms with Crippen LogP contribution in [0.5, 0.6) is 0 Å². The molecule has 2 aliphatic heterocycles. The number of benzene rings is 1. The summed E-state index contributed by atoms with van der Waals surface area (Å²) in [6.07, 6.45) is 1.77. The number of aryl methyl sites for hydroxylation is 1. The zero-order chi connectivity index (χ0) is 18.0. The number of ether oxygens (including phenoxy) is 2. The van der Waals surface area contributed by atoms with Gasteiger partial charge in [0.1, 0.15) is 6.61 Å². The van der Waals surface area contributed by atoms with Crippen molar-refractivity contribution >= 4 is 11.9 Å². The maximum Gasteiger partial charge on any atom is 0.337 e. The second-order valence-corrected chi connectivity index (χ2v) is 6.41. The van der Waals surface area contributed by atoms with Gasteiger partial charge in [0.05, 0.1) is 29.4 Å². The van der Waals surface area contributed by atoms with Crippen molar-refractivity contribution in [2.45, 2.75) is 39.5 Å². The van der Waals surface area contributed by atoms with Gasteiger partial charge in [0.15, 0.2) is 0 Å². The lowest BCUT2D eigenvalue weighted by Crippen LogP contribution is -2.30. The Hall–Kier alpha value is -2.56. The first-order chi connectivity index (χ1) is 12.0. The molecule has 1 aromatic carbocycles. The van der Waals surface area contributed by atoms with Gasteiger partial charge in [-0.25, -0.2) is 9.59 Å². The minimum atomic E-state index is -0.457. The van der Waals surface area contributed by atoms with Gasteiger partial charge in [-0.15, -0.1) is 0 Å². The summed E-state index contributed by atoms with van der Waals surface area (Å²) < 4.78 is 10.7. The van der Waals surface area contributed by atoms with Gasteiger partial charge < -0.3 is 14.8 Å². The van der Waals surface area contributed by atoms with Crippen LogP contribution in [0.4, 0.5) is 0 Å². The minimum absolute atomic E-state index is 0.214. The highest BCUT2D eigenvalue weighted by molar-refractivity contribution is 6.01. The number of unbranched alkanes of at least 4 members (excludes halogenated alkanes) is 1. The first kappa shape index (κ1) is 17.3. The topological polar surface area (TPSA) is 64.6 Å². The number of carbonyl (C=O) groups excluding carboxylic acids is 2. The summed E-state index contributed by atoms with van der Waals surface area (Å²) in [7, 11) is 0. The summed E-state index contributed by atoms with van der Waals surface area (Å²) >= 11 is 0. The quantitative estimate of drug-likeness (QED) is 0.658. The number of cyclic esters (lactones) is 1. The van der Waals surface area contributed by atoms with Gasteiger partial charge in [0.2, 0.25) is 0 Å². The molecule has 0 radical (unpaired) electrons. The van der Waals surface area contributed by atoms with E-state index in [1.165, 1.54) is 0 Å². The van der Waals surface area contributed by atoms with Crippen LogP contribution < -0.4 is 5.32 Å². The van der Waals surface area contributed by atoms with Crippen molar-refractivity contribution in [3.05, 3.63) is 57.9 Å². The highest BCUT2D eigenvalue weighted by Crippen LogP contribution is 2.42. The van der Waals surface area contributed by atoms with E-state index >= 15 is 0 Å². The lowest BCUT2D eigenvalue weighted by molar-refractivity contribution is -0.139. The molecule has 0 spiro atoms. The Bertz CT molecular complexity index is 776. The van der Waals surface area contributed by atoms with Crippen LogP contribution in [0.25, 0.3) is 0 Å². The summed E-state index contributed by atoms with van der Waals surface area (Å²) in [5.74, 6) is -1.21. The summed E-state index contributed by atoms with van der Waals surface area (Å²) in [6, 6.07) is 7.79. The zero-order valence-electron chi connectivity index (χ0n) is 14.8. The molecule has 0 bridgehead atoms. The van der Waals surface area contributed by atoms with Gasteiger partial charge in [-0.1, -0.05) is 37.6 Å².